The molecule has 0 aliphatic carbocycles. The number of nitrogens with one attached hydrogen (secondary N) is 3. The second-order valence-electron chi connectivity index (χ2n) is 6.35. The van der Waals surface area contributed by atoms with Crippen molar-refractivity contribution in [2.24, 2.45) is 4.99 Å². The maximum atomic E-state index is 4.70. The normalized spacial score (nSPS) is 11.7. The summed E-state index contributed by atoms with van der Waals surface area (Å²) in [5.41, 5.74) is 5.05. The topological polar surface area (TPSA) is 65.1 Å². The Hall–Kier alpha value is -2.82. The molecule has 3 rings (SSSR count). The number of nitrogens with zero attached hydrogens (tertiary/aromatic N) is 2. The second-order valence-corrected chi connectivity index (χ2v) is 6.35. The monoisotopic (exact) mass is 349 g/mol. The Kier molecular flexibility index (Phi) is 6.25. The largest absolute Gasteiger partial charge is 0.361 e. The number of hydrogen-bond acceptors (Lipinski definition) is 2. The molecule has 3 N–H and O–H groups in total. The fraction of sp³-hybridized carbons (Fsp3) is 0.333. The first kappa shape index (κ1) is 18.0. The molecule has 0 radical (unpaired) electrons. The van der Waals surface area contributed by atoms with Gasteiger partial charge in [0.05, 0.1) is 0 Å². The highest BCUT2D eigenvalue weighted by molar-refractivity contribution is 5.83. The van der Waals surface area contributed by atoms with E-state index in [2.05, 4.69) is 71.0 Å². The van der Waals surface area contributed by atoms with Gasteiger partial charge in [0.25, 0.3) is 0 Å². The molecule has 0 amide bonds. The van der Waals surface area contributed by atoms with Gasteiger partial charge in [0.15, 0.2) is 5.96 Å². The zero-order valence-corrected chi connectivity index (χ0v) is 15.5. The summed E-state index contributed by atoms with van der Waals surface area (Å²) in [7, 11) is 0. The molecule has 0 aliphatic heterocycles. The molecule has 136 valence electrons. The van der Waals surface area contributed by atoms with Crippen LogP contribution in [0.2, 0.25) is 0 Å². The molecule has 1 aromatic carbocycles. The highest BCUT2D eigenvalue weighted by Crippen LogP contribution is 2.17. The molecule has 0 unspecified atom stereocenters. The van der Waals surface area contributed by atoms with Gasteiger partial charge in [0, 0.05) is 49.1 Å². The highest BCUT2D eigenvalue weighted by Gasteiger charge is 2.04. The number of H-pyrrole nitrogens is 1. The van der Waals surface area contributed by atoms with Gasteiger partial charge in [-0.05, 0) is 55.5 Å². The number of rotatable bonds is 7. The number of aromatic amines is 1. The lowest BCUT2D eigenvalue weighted by atomic mass is 10.1. The predicted octanol–water partition coefficient (Wildman–Crippen LogP) is 3.21. The number of hydrogen-bond donors (Lipinski definition) is 3. The van der Waals surface area contributed by atoms with E-state index in [-0.39, 0.29) is 0 Å². The van der Waals surface area contributed by atoms with E-state index in [9.17, 15) is 0 Å². The van der Waals surface area contributed by atoms with Crippen LogP contribution in [0.5, 0.6) is 0 Å². The van der Waals surface area contributed by atoms with Crippen LogP contribution in [-0.2, 0) is 12.8 Å². The Balaban J connectivity index is 1.53. The van der Waals surface area contributed by atoms with Gasteiger partial charge in [-0.25, -0.2) is 0 Å². The van der Waals surface area contributed by atoms with Crippen molar-refractivity contribution in [3.63, 3.8) is 0 Å². The lowest BCUT2D eigenvalue weighted by molar-refractivity contribution is 0.798. The van der Waals surface area contributed by atoms with Crippen molar-refractivity contribution in [1.82, 2.24) is 20.6 Å². The minimum absolute atomic E-state index is 0.757. The van der Waals surface area contributed by atoms with Crippen LogP contribution >= 0.6 is 0 Å². The van der Waals surface area contributed by atoms with Gasteiger partial charge in [-0.3, -0.25) is 9.98 Å². The number of aryl methyl sites for hydroxylation is 1. The van der Waals surface area contributed by atoms with Gasteiger partial charge in [0.1, 0.15) is 0 Å². The van der Waals surface area contributed by atoms with Crippen molar-refractivity contribution in [2.45, 2.75) is 26.7 Å². The van der Waals surface area contributed by atoms with E-state index < -0.39 is 0 Å². The van der Waals surface area contributed by atoms with Crippen molar-refractivity contribution in [3.8, 4) is 0 Å². The Morgan fingerprint density at radius 2 is 2.00 bits per heavy atom. The molecule has 2 heterocycles. The molecule has 0 fully saturated rings. The zero-order chi connectivity index (χ0) is 18.2. The van der Waals surface area contributed by atoms with E-state index in [1.165, 1.54) is 27.6 Å². The lowest BCUT2D eigenvalue weighted by Crippen LogP contribution is -2.38. The molecular formula is C21H27N5. The molecule has 26 heavy (non-hydrogen) atoms. The zero-order valence-electron chi connectivity index (χ0n) is 15.5. The smallest absolute Gasteiger partial charge is 0.191 e. The fourth-order valence-corrected chi connectivity index (χ4v) is 3.07. The van der Waals surface area contributed by atoms with Crippen LogP contribution < -0.4 is 10.6 Å². The van der Waals surface area contributed by atoms with Crippen molar-refractivity contribution in [2.75, 3.05) is 19.6 Å². The molecule has 3 aromatic rings. The number of fused-ring (bicyclic) bond motifs is 1. The molecule has 0 atom stereocenters. The number of benzene rings is 1. The molecule has 0 bridgehead atoms. The third kappa shape index (κ3) is 4.63. The highest BCUT2D eigenvalue weighted by atomic mass is 15.2. The van der Waals surface area contributed by atoms with E-state index in [4.69, 9.17) is 4.99 Å². The summed E-state index contributed by atoms with van der Waals surface area (Å²) < 4.78 is 0. The van der Waals surface area contributed by atoms with Crippen LogP contribution in [0, 0.1) is 6.92 Å². The molecule has 2 aromatic heterocycles. The van der Waals surface area contributed by atoms with E-state index in [0.29, 0.717) is 0 Å². The van der Waals surface area contributed by atoms with E-state index >= 15 is 0 Å². The van der Waals surface area contributed by atoms with E-state index in [1.54, 1.807) is 0 Å². The molecule has 0 spiro atoms. The number of pyridine rings is 1. The van der Waals surface area contributed by atoms with Crippen molar-refractivity contribution in [3.05, 3.63) is 65.6 Å². The Labute approximate surface area is 155 Å². The lowest BCUT2D eigenvalue weighted by Gasteiger charge is -2.11. The summed E-state index contributed by atoms with van der Waals surface area (Å²) in [5, 5.41) is 8.05. The maximum absolute atomic E-state index is 4.70. The SMILES string of the molecule is CCNC(=NCCc1ccncc1C)NCCc1c[nH]c2ccccc12. The Morgan fingerprint density at radius 1 is 1.12 bits per heavy atom. The van der Waals surface area contributed by atoms with Crippen molar-refractivity contribution < 1.29 is 0 Å². The van der Waals surface area contributed by atoms with Gasteiger partial charge in [0.2, 0.25) is 0 Å². The van der Waals surface area contributed by atoms with Crippen LogP contribution in [0.4, 0.5) is 0 Å². The van der Waals surface area contributed by atoms with Gasteiger partial charge in [-0.2, -0.15) is 0 Å². The van der Waals surface area contributed by atoms with Gasteiger partial charge < -0.3 is 15.6 Å². The van der Waals surface area contributed by atoms with Crippen LogP contribution in [0.3, 0.4) is 0 Å². The van der Waals surface area contributed by atoms with E-state index in [1.807, 2.05) is 12.4 Å². The average molecular weight is 349 g/mol. The first-order valence-corrected chi connectivity index (χ1v) is 9.24. The Morgan fingerprint density at radius 3 is 2.85 bits per heavy atom. The third-order valence-electron chi connectivity index (χ3n) is 4.49. The fourth-order valence-electron chi connectivity index (χ4n) is 3.07. The van der Waals surface area contributed by atoms with Gasteiger partial charge >= 0.3 is 0 Å². The Bertz CT molecular complexity index is 865. The summed E-state index contributed by atoms with van der Waals surface area (Å²) in [6.07, 6.45) is 7.73. The quantitative estimate of drug-likeness (QED) is 0.453. The van der Waals surface area contributed by atoms with Crippen LogP contribution in [-0.4, -0.2) is 35.6 Å². The number of para-hydroxylation sites is 1. The average Bonchev–Trinajstić information content (AvgIpc) is 3.07. The van der Waals surface area contributed by atoms with Crippen LogP contribution in [0.25, 0.3) is 10.9 Å². The molecule has 0 saturated carbocycles. The summed E-state index contributed by atoms with van der Waals surface area (Å²) in [6, 6.07) is 10.5. The summed E-state index contributed by atoms with van der Waals surface area (Å²) in [6.45, 7) is 6.64. The minimum Gasteiger partial charge on any atom is -0.361 e. The summed E-state index contributed by atoms with van der Waals surface area (Å²) in [4.78, 5) is 12.2. The molecule has 5 nitrogen and oxygen atoms in total. The van der Waals surface area contributed by atoms with Crippen molar-refractivity contribution >= 4 is 16.9 Å². The summed E-state index contributed by atoms with van der Waals surface area (Å²) >= 11 is 0. The first-order chi connectivity index (χ1) is 12.8. The molecular weight excluding hydrogens is 322 g/mol. The number of aromatic nitrogens is 2. The number of aliphatic imine (C=N–C) groups is 1. The molecule has 0 aliphatic rings. The molecule has 0 saturated heterocycles. The van der Waals surface area contributed by atoms with Crippen LogP contribution in [0.1, 0.15) is 23.6 Å². The number of guanidine groups is 1. The summed E-state index contributed by atoms with van der Waals surface area (Å²) in [5.74, 6) is 0.874. The second kappa shape index (κ2) is 9.04. The van der Waals surface area contributed by atoms with E-state index in [0.717, 1.165) is 38.4 Å². The third-order valence-corrected chi connectivity index (χ3v) is 4.49. The van der Waals surface area contributed by atoms with Gasteiger partial charge in [-0.1, -0.05) is 18.2 Å². The van der Waals surface area contributed by atoms with Gasteiger partial charge in [-0.15, -0.1) is 0 Å². The predicted molar refractivity (Wildman–Crippen MR) is 109 cm³/mol. The molecule has 5 heteroatoms. The standard InChI is InChI=1S/C21H27N5/c1-3-23-21(24-12-9-17-8-11-22-14-16(17)2)25-13-10-18-15-26-20-7-5-4-6-19(18)20/h4-8,11,14-15,26H,3,9-10,12-13H2,1-2H3,(H2,23,24,25). The minimum atomic E-state index is 0.757. The van der Waals surface area contributed by atoms with Crippen molar-refractivity contribution in [1.29, 1.82) is 0 Å². The first-order valence-electron chi connectivity index (χ1n) is 9.24. The maximum Gasteiger partial charge on any atom is 0.191 e. The van der Waals surface area contributed by atoms with Crippen LogP contribution in [0.15, 0.2) is 53.9 Å².